The quantitative estimate of drug-likeness (QED) is 0.801. The molecular formula is C13H23N3. The third kappa shape index (κ3) is 2.57. The molecule has 1 heterocycles. The zero-order chi connectivity index (χ0) is 11.7. The minimum absolute atomic E-state index is 0.536. The van der Waals surface area contributed by atoms with Crippen LogP contribution in [0.4, 0.5) is 5.82 Å². The number of rotatable bonds is 5. The van der Waals surface area contributed by atoms with Crippen LogP contribution in [-0.4, -0.2) is 16.2 Å². The third-order valence-electron chi connectivity index (χ3n) is 2.99. The Balaban J connectivity index is 2.19. The highest BCUT2D eigenvalue weighted by atomic mass is 15.2. The molecular weight excluding hydrogens is 198 g/mol. The molecule has 90 valence electrons. The molecule has 1 aliphatic carbocycles. The number of H-pyrrole nitrogens is 1. The second-order valence-corrected chi connectivity index (χ2v) is 5.64. The minimum Gasteiger partial charge on any atom is -0.366 e. The average Bonchev–Trinajstić information content (AvgIpc) is 2.87. The van der Waals surface area contributed by atoms with E-state index in [1.807, 2.05) is 0 Å². The maximum absolute atomic E-state index is 4.43. The van der Waals surface area contributed by atoms with Crippen LogP contribution in [-0.2, 0) is 6.42 Å². The molecule has 1 aromatic heterocycles. The molecule has 1 aromatic rings. The highest BCUT2D eigenvalue weighted by Gasteiger charge is 2.25. The van der Waals surface area contributed by atoms with Gasteiger partial charge in [-0.3, -0.25) is 5.10 Å². The van der Waals surface area contributed by atoms with Crippen molar-refractivity contribution in [3.8, 4) is 0 Å². The normalized spacial score (nSPS) is 16.1. The van der Waals surface area contributed by atoms with Crippen molar-refractivity contribution in [1.29, 1.82) is 0 Å². The molecule has 1 saturated carbocycles. The van der Waals surface area contributed by atoms with E-state index in [1.165, 1.54) is 24.1 Å². The summed E-state index contributed by atoms with van der Waals surface area (Å²) in [5.74, 6) is 2.30. The molecule has 0 unspecified atom stereocenters. The van der Waals surface area contributed by atoms with Crippen molar-refractivity contribution in [1.82, 2.24) is 10.2 Å². The topological polar surface area (TPSA) is 40.7 Å². The predicted molar refractivity (Wildman–Crippen MR) is 67.9 cm³/mol. The Labute approximate surface area is 98.0 Å². The van der Waals surface area contributed by atoms with E-state index < -0.39 is 0 Å². The second kappa shape index (κ2) is 4.48. The van der Waals surface area contributed by atoms with Crippen molar-refractivity contribution in [2.45, 2.75) is 58.9 Å². The average molecular weight is 221 g/mol. The van der Waals surface area contributed by atoms with Crippen LogP contribution in [0.15, 0.2) is 0 Å². The first-order valence-electron chi connectivity index (χ1n) is 6.41. The number of aromatic amines is 1. The molecule has 0 aliphatic heterocycles. The van der Waals surface area contributed by atoms with Gasteiger partial charge in [0.25, 0.3) is 0 Å². The van der Waals surface area contributed by atoms with Gasteiger partial charge in [-0.25, -0.2) is 0 Å². The van der Waals surface area contributed by atoms with E-state index in [2.05, 4.69) is 43.2 Å². The Morgan fingerprint density at radius 2 is 2.00 bits per heavy atom. The van der Waals surface area contributed by atoms with E-state index in [9.17, 15) is 0 Å². The zero-order valence-electron chi connectivity index (χ0n) is 10.8. The van der Waals surface area contributed by atoms with Crippen LogP contribution in [0.3, 0.4) is 0 Å². The van der Waals surface area contributed by atoms with Crippen molar-refractivity contribution in [3.63, 3.8) is 0 Å². The van der Waals surface area contributed by atoms with Crippen LogP contribution in [0.25, 0.3) is 0 Å². The SMILES string of the molecule is CC(C)Cc1[nH]nc(NC2CC2)c1C(C)C. The van der Waals surface area contributed by atoms with Gasteiger partial charge in [-0.15, -0.1) is 0 Å². The van der Waals surface area contributed by atoms with Crippen LogP contribution >= 0.6 is 0 Å². The van der Waals surface area contributed by atoms with Gasteiger partial charge >= 0.3 is 0 Å². The molecule has 0 atom stereocenters. The van der Waals surface area contributed by atoms with Gasteiger partial charge in [0.15, 0.2) is 5.82 Å². The number of anilines is 1. The van der Waals surface area contributed by atoms with E-state index in [4.69, 9.17) is 0 Å². The number of aromatic nitrogens is 2. The first-order valence-corrected chi connectivity index (χ1v) is 6.41. The summed E-state index contributed by atoms with van der Waals surface area (Å²) in [4.78, 5) is 0. The fraction of sp³-hybridized carbons (Fsp3) is 0.769. The van der Waals surface area contributed by atoms with Crippen LogP contribution in [0, 0.1) is 5.92 Å². The van der Waals surface area contributed by atoms with Gasteiger partial charge < -0.3 is 5.32 Å². The van der Waals surface area contributed by atoms with E-state index in [0.717, 1.165) is 12.2 Å². The Hall–Kier alpha value is -0.990. The molecule has 2 N–H and O–H groups in total. The second-order valence-electron chi connectivity index (χ2n) is 5.64. The van der Waals surface area contributed by atoms with Crippen LogP contribution in [0.2, 0.25) is 0 Å². The molecule has 0 aromatic carbocycles. The van der Waals surface area contributed by atoms with Gasteiger partial charge in [0, 0.05) is 17.3 Å². The third-order valence-corrected chi connectivity index (χ3v) is 2.99. The van der Waals surface area contributed by atoms with Gasteiger partial charge in [-0.05, 0) is 31.1 Å². The highest BCUT2D eigenvalue weighted by molar-refractivity contribution is 5.50. The highest BCUT2D eigenvalue weighted by Crippen LogP contribution is 2.31. The number of nitrogens with one attached hydrogen (secondary N) is 2. The van der Waals surface area contributed by atoms with Gasteiger partial charge in [0.05, 0.1) is 0 Å². The molecule has 0 spiro atoms. The van der Waals surface area contributed by atoms with Crippen molar-refractivity contribution in [2.75, 3.05) is 5.32 Å². The summed E-state index contributed by atoms with van der Waals surface area (Å²) in [5, 5.41) is 11.2. The molecule has 3 nitrogen and oxygen atoms in total. The number of hydrogen-bond donors (Lipinski definition) is 2. The van der Waals surface area contributed by atoms with Gasteiger partial charge in [-0.2, -0.15) is 5.10 Å². The Morgan fingerprint density at radius 1 is 1.31 bits per heavy atom. The number of nitrogens with zero attached hydrogens (tertiary/aromatic N) is 1. The first kappa shape index (κ1) is 11.5. The zero-order valence-corrected chi connectivity index (χ0v) is 10.8. The smallest absolute Gasteiger partial charge is 0.151 e. The molecule has 16 heavy (non-hydrogen) atoms. The summed E-state index contributed by atoms with van der Waals surface area (Å²) in [5.41, 5.74) is 2.70. The number of hydrogen-bond acceptors (Lipinski definition) is 2. The molecule has 2 rings (SSSR count). The molecule has 0 bridgehead atoms. The monoisotopic (exact) mass is 221 g/mol. The Morgan fingerprint density at radius 3 is 2.50 bits per heavy atom. The van der Waals surface area contributed by atoms with Crippen LogP contribution < -0.4 is 5.32 Å². The van der Waals surface area contributed by atoms with Crippen molar-refractivity contribution in [3.05, 3.63) is 11.3 Å². The molecule has 0 amide bonds. The van der Waals surface area contributed by atoms with Crippen molar-refractivity contribution < 1.29 is 0 Å². The first-order chi connectivity index (χ1) is 7.58. The molecule has 0 saturated heterocycles. The van der Waals surface area contributed by atoms with E-state index >= 15 is 0 Å². The lowest BCUT2D eigenvalue weighted by Crippen LogP contribution is -2.06. The summed E-state index contributed by atoms with van der Waals surface area (Å²) in [6, 6.07) is 0.674. The van der Waals surface area contributed by atoms with Gasteiger partial charge in [0.2, 0.25) is 0 Å². The predicted octanol–water partition coefficient (Wildman–Crippen LogP) is 3.31. The summed E-state index contributed by atoms with van der Waals surface area (Å²) in [7, 11) is 0. The van der Waals surface area contributed by atoms with Gasteiger partial charge in [-0.1, -0.05) is 27.7 Å². The summed E-state index contributed by atoms with van der Waals surface area (Å²) in [6.07, 6.45) is 3.68. The minimum atomic E-state index is 0.536. The molecule has 3 heteroatoms. The van der Waals surface area contributed by atoms with Crippen LogP contribution in [0.1, 0.15) is 57.7 Å². The Bertz CT molecular complexity index is 327. The van der Waals surface area contributed by atoms with E-state index in [-0.39, 0.29) is 0 Å². The summed E-state index contributed by atoms with van der Waals surface area (Å²) < 4.78 is 0. The maximum atomic E-state index is 4.43. The maximum Gasteiger partial charge on any atom is 0.151 e. The van der Waals surface area contributed by atoms with E-state index in [1.54, 1.807) is 0 Å². The lowest BCUT2D eigenvalue weighted by Gasteiger charge is -2.11. The summed E-state index contributed by atoms with van der Waals surface area (Å²) in [6.45, 7) is 8.98. The van der Waals surface area contributed by atoms with Crippen molar-refractivity contribution >= 4 is 5.82 Å². The standard InChI is InChI=1S/C13H23N3/c1-8(2)7-11-12(9(3)4)13(16-15-11)14-10-5-6-10/h8-10H,5-7H2,1-4H3,(H2,14,15,16). The van der Waals surface area contributed by atoms with Gasteiger partial charge in [0.1, 0.15) is 0 Å². The largest absolute Gasteiger partial charge is 0.366 e. The fourth-order valence-corrected chi connectivity index (χ4v) is 2.10. The fourth-order valence-electron chi connectivity index (χ4n) is 2.10. The lowest BCUT2D eigenvalue weighted by atomic mass is 9.97. The molecule has 1 aliphatic rings. The van der Waals surface area contributed by atoms with E-state index in [0.29, 0.717) is 17.9 Å². The van der Waals surface area contributed by atoms with Crippen LogP contribution in [0.5, 0.6) is 0 Å². The lowest BCUT2D eigenvalue weighted by molar-refractivity contribution is 0.626. The molecule has 0 radical (unpaired) electrons. The Kier molecular flexibility index (Phi) is 3.22. The molecule has 1 fully saturated rings. The summed E-state index contributed by atoms with van der Waals surface area (Å²) >= 11 is 0. The van der Waals surface area contributed by atoms with Crippen molar-refractivity contribution in [2.24, 2.45) is 5.92 Å².